The lowest BCUT2D eigenvalue weighted by Crippen LogP contribution is -2.12. The van der Waals surface area contributed by atoms with Crippen LogP contribution in [0.1, 0.15) is 15.9 Å². The van der Waals surface area contributed by atoms with Crippen molar-refractivity contribution >= 4 is 34.8 Å². The van der Waals surface area contributed by atoms with E-state index in [4.69, 9.17) is 23.2 Å². The van der Waals surface area contributed by atoms with Gasteiger partial charge in [-0.3, -0.25) is 9.48 Å². The van der Waals surface area contributed by atoms with Crippen molar-refractivity contribution < 1.29 is 9.18 Å². The number of rotatable bonds is 4. The minimum atomic E-state index is -0.371. The van der Waals surface area contributed by atoms with Gasteiger partial charge in [-0.1, -0.05) is 41.4 Å². The summed E-state index contributed by atoms with van der Waals surface area (Å²) in [5, 5.41) is 7.41. The maximum absolute atomic E-state index is 12.9. The molecule has 0 aliphatic carbocycles. The van der Waals surface area contributed by atoms with Crippen molar-refractivity contribution in [1.82, 2.24) is 9.78 Å². The van der Waals surface area contributed by atoms with Gasteiger partial charge in [0, 0.05) is 6.20 Å². The minimum absolute atomic E-state index is 0.204. The van der Waals surface area contributed by atoms with Crippen molar-refractivity contribution in [2.45, 2.75) is 6.54 Å². The fourth-order valence-corrected chi connectivity index (χ4v) is 2.56. The molecule has 0 aliphatic heterocycles. The Hall–Kier alpha value is -2.37. The van der Waals surface area contributed by atoms with Gasteiger partial charge in [0.2, 0.25) is 0 Å². The minimum Gasteiger partial charge on any atom is -0.319 e. The van der Waals surface area contributed by atoms with Gasteiger partial charge in [0.05, 0.1) is 34.0 Å². The van der Waals surface area contributed by atoms with Gasteiger partial charge in [-0.25, -0.2) is 4.39 Å². The summed E-state index contributed by atoms with van der Waals surface area (Å²) in [7, 11) is 0. The topological polar surface area (TPSA) is 46.9 Å². The summed E-state index contributed by atoms with van der Waals surface area (Å²) in [5.74, 6) is -0.658. The van der Waals surface area contributed by atoms with Gasteiger partial charge in [-0.05, 0) is 29.8 Å². The maximum atomic E-state index is 12.9. The predicted octanol–water partition coefficient (Wildman–Crippen LogP) is 4.63. The molecule has 0 bridgehead atoms. The van der Waals surface area contributed by atoms with Crippen LogP contribution in [0.5, 0.6) is 0 Å². The van der Waals surface area contributed by atoms with Crippen molar-refractivity contribution in [2.24, 2.45) is 0 Å². The lowest BCUT2D eigenvalue weighted by atomic mass is 10.2. The van der Waals surface area contributed by atoms with Gasteiger partial charge in [0.25, 0.3) is 5.91 Å². The SMILES string of the molecule is O=C(Nc1cnn(Cc2ccc(F)cc2)c1)c1cccc(Cl)c1Cl. The quantitative estimate of drug-likeness (QED) is 0.734. The first-order chi connectivity index (χ1) is 11.5. The standard InChI is InChI=1S/C17H12Cl2FN3O/c18-15-3-1-2-14(16(15)19)17(24)22-13-8-21-23(10-13)9-11-4-6-12(20)7-5-11/h1-8,10H,9H2,(H,22,24). The number of nitrogens with zero attached hydrogens (tertiary/aromatic N) is 2. The van der Waals surface area contributed by atoms with Gasteiger partial charge in [0.15, 0.2) is 0 Å². The summed E-state index contributed by atoms with van der Waals surface area (Å²) in [6.45, 7) is 0.466. The lowest BCUT2D eigenvalue weighted by Gasteiger charge is -2.05. The number of carbonyl (C=O) groups is 1. The summed E-state index contributed by atoms with van der Waals surface area (Å²) in [6.07, 6.45) is 3.21. The van der Waals surface area contributed by atoms with E-state index >= 15 is 0 Å². The second-order valence-electron chi connectivity index (χ2n) is 5.11. The summed E-state index contributed by atoms with van der Waals surface area (Å²) < 4.78 is 14.5. The Morgan fingerprint density at radius 2 is 1.92 bits per heavy atom. The number of hydrogen-bond acceptors (Lipinski definition) is 2. The van der Waals surface area contributed by atoms with E-state index in [-0.39, 0.29) is 22.3 Å². The van der Waals surface area contributed by atoms with Crippen LogP contribution in [0.25, 0.3) is 0 Å². The lowest BCUT2D eigenvalue weighted by molar-refractivity contribution is 0.102. The fraction of sp³-hybridized carbons (Fsp3) is 0.0588. The smallest absolute Gasteiger partial charge is 0.257 e. The Balaban J connectivity index is 1.70. The second-order valence-corrected chi connectivity index (χ2v) is 5.89. The van der Waals surface area contributed by atoms with Gasteiger partial charge in [-0.2, -0.15) is 5.10 Å². The van der Waals surface area contributed by atoms with Crippen LogP contribution in [0.3, 0.4) is 0 Å². The number of aromatic nitrogens is 2. The van der Waals surface area contributed by atoms with Crippen LogP contribution in [0.2, 0.25) is 10.0 Å². The Kier molecular flexibility index (Phi) is 4.83. The highest BCUT2D eigenvalue weighted by atomic mass is 35.5. The van der Waals surface area contributed by atoms with E-state index in [1.54, 1.807) is 41.2 Å². The number of halogens is 3. The fourth-order valence-electron chi connectivity index (χ4n) is 2.17. The van der Waals surface area contributed by atoms with Crippen molar-refractivity contribution in [3.8, 4) is 0 Å². The average molecular weight is 364 g/mol. The molecule has 1 aromatic heterocycles. The number of nitrogens with one attached hydrogen (secondary N) is 1. The monoisotopic (exact) mass is 363 g/mol. The summed E-state index contributed by atoms with van der Waals surface area (Å²) in [4.78, 5) is 12.3. The third-order valence-corrected chi connectivity index (χ3v) is 4.16. The van der Waals surface area contributed by atoms with Crippen LogP contribution in [-0.4, -0.2) is 15.7 Å². The molecule has 0 unspecified atom stereocenters. The molecule has 1 heterocycles. The molecule has 0 fully saturated rings. The molecular weight excluding hydrogens is 352 g/mol. The van der Waals surface area contributed by atoms with E-state index in [0.717, 1.165) is 5.56 Å². The first-order valence-electron chi connectivity index (χ1n) is 7.05. The first-order valence-corrected chi connectivity index (χ1v) is 7.81. The Morgan fingerprint density at radius 3 is 2.67 bits per heavy atom. The van der Waals surface area contributed by atoms with Crippen molar-refractivity contribution in [3.63, 3.8) is 0 Å². The zero-order valence-electron chi connectivity index (χ0n) is 12.3. The third kappa shape index (κ3) is 3.75. The van der Waals surface area contributed by atoms with E-state index in [1.807, 2.05) is 0 Å². The van der Waals surface area contributed by atoms with Gasteiger partial charge < -0.3 is 5.32 Å². The molecule has 0 saturated carbocycles. The first kappa shape index (κ1) is 16.5. The van der Waals surface area contributed by atoms with E-state index in [0.29, 0.717) is 17.3 Å². The molecule has 0 spiro atoms. The van der Waals surface area contributed by atoms with Crippen molar-refractivity contribution in [2.75, 3.05) is 5.32 Å². The van der Waals surface area contributed by atoms with Crippen LogP contribution in [0.4, 0.5) is 10.1 Å². The van der Waals surface area contributed by atoms with Crippen LogP contribution in [0, 0.1) is 5.82 Å². The van der Waals surface area contributed by atoms with Crippen LogP contribution < -0.4 is 5.32 Å². The molecule has 3 rings (SSSR count). The number of carbonyl (C=O) groups excluding carboxylic acids is 1. The number of benzene rings is 2. The van der Waals surface area contributed by atoms with E-state index in [9.17, 15) is 9.18 Å². The van der Waals surface area contributed by atoms with Crippen LogP contribution in [-0.2, 0) is 6.54 Å². The Bertz CT molecular complexity index is 878. The van der Waals surface area contributed by atoms with Crippen LogP contribution in [0.15, 0.2) is 54.9 Å². The summed E-state index contributed by atoms with van der Waals surface area (Å²) in [6, 6.07) is 11.0. The molecule has 0 atom stereocenters. The summed E-state index contributed by atoms with van der Waals surface area (Å²) in [5.41, 5.74) is 1.71. The number of amides is 1. The third-order valence-electron chi connectivity index (χ3n) is 3.35. The molecule has 0 saturated heterocycles. The molecule has 1 N–H and O–H groups in total. The zero-order valence-corrected chi connectivity index (χ0v) is 13.9. The van der Waals surface area contributed by atoms with Crippen molar-refractivity contribution in [3.05, 3.63) is 81.8 Å². The largest absolute Gasteiger partial charge is 0.319 e. The Morgan fingerprint density at radius 1 is 1.17 bits per heavy atom. The van der Waals surface area contributed by atoms with Gasteiger partial charge in [-0.15, -0.1) is 0 Å². The normalized spacial score (nSPS) is 10.6. The molecule has 1 amide bonds. The van der Waals surface area contributed by atoms with E-state index in [2.05, 4.69) is 10.4 Å². The van der Waals surface area contributed by atoms with E-state index in [1.165, 1.54) is 18.3 Å². The molecule has 0 aliphatic rings. The highest BCUT2D eigenvalue weighted by Gasteiger charge is 2.13. The molecule has 2 aromatic carbocycles. The van der Waals surface area contributed by atoms with Gasteiger partial charge >= 0.3 is 0 Å². The van der Waals surface area contributed by atoms with Gasteiger partial charge in [0.1, 0.15) is 5.82 Å². The molecule has 122 valence electrons. The molecule has 0 radical (unpaired) electrons. The highest BCUT2D eigenvalue weighted by molar-refractivity contribution is 6.44. The zero-order chi connectivity index (χ0) is 17.1. The second kappa shape index (κ2) is 7.03. The average Bonchev–Trinajstić information content (AvgIpc) is 2.99. The molecular formula is C17H12Cl2FN3O. The molecule has 7 heteroatoms. The maximum Gasteiger partial charge on any atom is 0.257 e. The number of hydrogen-bond donors (Lipinski definition) is 1. The summed E-state index contributed by atoms with van der Waals surface area (Å²) >= 11 is 11.9. The molecule has 4 nitrogen and oxygen atoms in total. The predicted molar refractivity (Wildman–Crippen MR) is 92.1 cm³/mol. The Labute approximate surface area is 147 Å². The number of anilines is 1. The van der Waals surface area contributed by atoms with Crippen molar-refractivity contribution in [1.29, 1.82) is 0 Å². The highest BCUT2D eigenvalue weighted by Crippen LogP contribution is 2.26. The molecule has 24 heavy (non-hydrogen) atoms. The van der Waals surface area contributed by atoms with Crippen LogP contribution >= 0.6 is 23.2 Å². The molecule has 3 aromatic rings. The van der Waals surface area contributed by atoms with E-state index < -0.39 is 0 Å².